The molecule has 0 saturated carbocycles. The van der Waals surface area contributed by atoms with E-state index >= 15 is 0 Å². The van der Waals surface area contributed by atoms with Crippen LogP contribution in [0.3, 0.4) is 0 Å². The van der Waals surface area contributed by atoms with Crippen molar-refractivity contribution >= 4 is 5.96 Å². The van der Waals surface area contributed by atoms with Crippen LogP contribution < -0.4 is 10.6 Å². The molecule has 0 aromatic heterocycles. The quantitative estimate of drug-likeness (QED) is 0.410. The van der Waals surface area contributed by atoms with Crippen LogP contribution in [0.15, 0.2) is 29.3 Å². The summed E-state index contributed by atoms with van der Waals surface area (Å²) in [7, 11) is 1.83. The molecule has 1 aliphatic rings. The Balaban J connectivity index is 1.82. The molecular formula is C20H34N4O. The topological polar surface area (TPSA) is 48.9 Å². The van der Waals surface area contributed by atoms with Crippen molar-refractivity contribution in [3.05, 3.63) is 35.4 Å². The number of aliphatic imine (C=N–C) groups is 1. The number of hydrogen-bond acceptors (Lipinski definition) is 3. The van der Waals surface area contributed by atoms with Crippen LogP contribution in [0.4, 0.5) is 0 Å². The number of nitrogens with zero attached hydrogens (tertiary/aromatic N) is 2. The number of likely N-dealkylation sites (N-methyl/N-ethyl adjacent to an activating group) is 1. The van der Waals surface area contributed by atoms with Crippen molar-refractivity contribution in [1.82, 2.24) is 15.5 Å². The molecule has 0 radical (unpaired) electrons. The minimum atomic E-state index is 0.623. The zero-order valence-corrected chi connectivity index (χ0v) is 16.1. The number of ether oxygens (including phenoxy) is 1. The maximum atomic E-state index is 5.70. The van der Waals surface area contributed by atoms with E-state index in [2.05, 4.69) is 58.6 Å². The van der Waals surface area contributed by atoms with Gasteiger partial charge in [0.15, 0.2) is 5.96 Å². The molecule has 0 amide bonds. The maximum Gasteiger partial charge on any atom is 0.191 e. The van der Waals surface area contributed by atoms with Crippen molar-refractivity contribution in [2.45, 2.75) is 52.3 Å². The lowest BCUT2D eigenvalue weighted by molar-refractivity contribution is 0.121. The smallest absolute Gasteiger partial charge is 0.191 e. The lowest BCUT2D eigenvalue weighted by Gasteiger charge is -2.24. The molecule has 1 heterocycles. The normalized spacial score (nSPS) is 18.5. The van der Waals surface area contributed by atoms with Crippen molar-refractivity contribution < 1.29 is 4.74 Å². The van der Waals surface area contributed by atoms with Gasteiger partial charge >= 0.3 is 0 Å². The summed E-state index contributed by atoms with van der Waals surface area (Å²) in [6.45, 7) is 9.91. The number of guanidine groups is 1. The van der Waals surface area contributed by atoms with Crippen molar-refractivity contribution in [3.8, 4) is 0 Å². The minimum Gasteiger partial charge on any atom is -0.377 e. The highest BCUT2D eigenvalue weighted by Crippen LogP contribution is 2.15. The van der Waals surface area contributed by atoms with E-state index in [1.807, 2.05) is 7.05 Å². The van der Waals surface area contributed by atoms with E-state index in [1.165, 1.54) is 30.5 Å². The Morgan fingerprint density at radius 3 is 2.76 bits per heavy atom. The molecule has 1 fully saturated rings. The van der Waals surface area contributed by atoms with Crippen LogP contribution in [-0.2, 0) is 17.9 Å². The first-order valence-corrected chi connectivity index (χ1v) is 9.61. The van der Waals surface area contributed by atoms with Crippen LogP contribution in [0, 0.1) is 0 Å². The molecule has 1 aliphatic heterocycles. The lowest BCUT2D eigenvalue weighted by atomic mass is 10.1. The summed E-state index contributed by atoms with van der Waals surface area (Å²) in [4.78, 5) is 6.91. The Morgan fingerprint density at radius 2 is 2.04 bits per heavy atom. The van der Waals surface area contributed by atoms with Gasteiger partial charge in [-0.15, -0.1) is 0 Å². The molecule has 5 nitrogen and oxygen atoms in total. The molecule has 5 heteroatoms. The summed E-state index contributed by atoms with van der Waals surface area (Å²) in [6.07, 6.45) is 3.62. The van der Waals surface area contributed by atoms with Crippen LogP contribution in [0.1, 0.15) is 44.2 Å². The average molecular weight is 347 g/mol. The molecule has 2 N–H and O–H groups in total. The fraction of sp³-hybridized carbons (Fsp3) is 0.650. The van der Waals surface area contributed by atoms with Crippen LogP contribution >= 0.6 is 0 Å². The standard InChI is InChI=1S/C20H34N4O/c1-4-13-25-16-18-10-7-6-9-17(18)14-22-20(21-3)23-15-19-11-8-12-24(19)5-2/h6-7,9-10,19H,4-5,8,11-16H2,1-3H3,(H2,21,22,23). The van der Waals surface area contributed by atoms with Gasteiger partial charge in [-0.2, -0.15) is 0 Å². The van der Waals surface area contributed by atoms with Gasteiger partial charge in [0, 0.05) is 32.8 Å². The van der Waals surface area contributed by atoms with E-state index in [1.54, 1.807) is 0 Å². The van der Waals surface area contributed by atoms with E-state index in [0.29, 0.717) is 12.6 Å². The summed E-state index contributed by atoms with van der Waals surface area (Å²) in [6, 6.07) is 9.06. The predicted octanol–water partition coefficient (Wildman–Crippen LogP) is 2.76. The Labute approximate surface area is 152 Å². The second-order valence-electron chi connectivity index (χ2n) is 6.55. The average Bonchev–Trinajstić information content (AvgIpc) is 3.10. The molecule has 0 aliphatic carbocycles. The Bertz CT molecular complexity index is 532. The maximum absolute atomic E-state index is 5.70. The van der Waals surface area contributed by atoms with Crippen LogP contribution in [-0.4, -0.2) is 50.2 Å². The molecule has 2 rings (SSSR count). The molecule has 0 bridgehead atoms. The first kappa shape index (κ1) is 19.7. The van der Waals surface area contributed by atoms with E-state index in [-0.39, 0.29) is 0 Å². The largest absolute Gasteiger partial charge is 0.377 e. The number of hydrogen-bond donors (Lipinski definition) is 2. The van der Waals surface area contributed by atoms with Gasteiger partial charge in [0.1, 0.15) is 0 Å². The molecule has 1 saturated heterocycles. The number of benzene rings is 1. The molecule has 1 unspecified atom stereocenters. The summed E-state index contributed by atoms with van der Waals surface area (Å²) < 4.78 is 5.70. The number of rotatable bonds is 9. The zero-order chi connectivity index (χ0) is 17.9. The highest BCUT2D eigenvalue weighted by atomic mass is 16.5. The lowest BCUT2D eigenvalue weighted by Crippen LogP contribution is -2.44. The fourth-order valence-corrected chi connectivity index (χ4v) is 3.35. The summed E-state index contributed by atoms with van der Waals surface area (Å²) in [5.74, 6) is 0.868. The molecule has 1 aromatic rings. The van der Waals surface area contributed by atoms with Gasteiger partial charge in [-0.25, -0.2) is 0 Å². The third-order valence-corrected chi connectivity index (χ3v) is 4.80. The third-order valence-electron chi connectivity index (χ3n) is 4.80. The first-order valence-electron chi connectivity index (χ1n) is 9.61. The Morgan fingerprint density at radius 1 is 1.24 bits per heavy atom. The summed E-state index contributed by atoms with van der Waals surface area (Å²) >= 11 is 0. The second-order valence-corrected chi connectivity index (χ2v) is 6.55. The van der Waals surface area contributed by atoms with E-state index in [0.717, 1.165) is 38.6 Å². The SMILES string of the molecule is CCCOCc1ccccc1CNC(=NC)NCC1CCCN1CC. The predicted molar refractivity (Wildman–Crippen MR) is 105 cm³/mol. The Hall–Kier alpha value is -1.59. The second kappa shape index (κ2) is 11.1. The van der Waals surface area contributed by atoms with Crippen molar-refractivity contribution in [3.63, 3.8) is 0 Å². The van der Waals surface area contributed by atoms with Crippen LogP contribution in [0.5, 0.6) is 0 Å². The third kappa shape index (κ3) is 6.33. The van der Waals surface area contributed by atoms with Gasteiger partial charge in [0.2, 0.25) is 0 Å². The molecule has 1 atom stereocenters. The molecule has 25 heavy (non-hydrogen) atoms. The summed E-state index contributed by atoms with van der Waals surface area (Å²) in [5, 5.41) is 6.92. The van der Waals surface area contributed by atoms with Gasteiger partial charge < -0.3 is 15.4 Å². The van der Waals surface area contributed by atoms with Gasteiger partial charge in [-0.1, -0.05) is 38.1 Å². The Kier molecular flexibility index (Phi) is 8.77. The van der Waals surface area contributed by atoms with Crippen LogP contribution in [0.2, 0.25) is 0 Å². The molecule has 1 aromatic carbocycles. The molecular weight excluding hydrogens is 312 g/mol. The van der Waals surface area contributed by atoms with Crippen molar-refractivity contribution in [2.75, 3.05) is 33.3 Å². The molecule has 140 valence electrons. The minimum absolute atomic E-state index is 0.623. The summed E-state index contributed by atoms with van der Waals surface area (Å²) in [5.41, 5.74) is 2.50. The number of nitrogens with one attached hydrogen (secondary N) is 2. The highest BCUT2D eigenvalue weighted by Gasteiger charge is 2.22. The zero-order valence-electron chi connectivity index (χ0n) is 16.1. The van der Waals surface area contributed by atoms with E-state index < -0.39 is 0 Å². The van der Waals surface area contributed by atoms with Gasteiger partial charge in [0.05, 0.1) is 6.61 Å². The van der Waals surface area contributed by atoms with Crippen molar-refractivity contribution in [2.24, 2.45) is 4.99 Å². The number of likely N-dealkylation sites (tertiary alicyclic amines) is 1. The monoisotopic (exact) mass is 346 g/mol. The van der Waals surface area contributed by atoms with Crippen LogP contribution in [0.25, 0.3) is 0 Å². The fourth-order valence-electron chi connectivity index (χ4n) is 3.35. The first-order chi connectivity index (χ1) is 12.3. The molecule has 0 spiro atoms. The van der Waals surface area contributed by atoms with Gasteiger partial charge in [-0.3, -0.25) is 9.89 Å². The highest BCUT2D eigenvalue weighted by molar-refractivity contribution is 5.79. The van der Waals surface area contributed by atoms with E-state index in [9.17, 15) is 0 Å². The van der Waals surface area contributed by atoms with Crippen molar-refractivity contribution in [1.29, 1.82) is 0 Å². The van der Waals surface area contributed by atoms with Gasteiger partial charge in [-0.05, 0) is 43.5 Å². The van der Waals surface area contributed by atoms with E-state index in [4.69, 9.17) is 4.74 Å². The van der Waals surface area contributed by atoms with Gasteiger partial charge in [0.25, 0.3) is 0 Å².